The number of piperidine rings is 1. The molecule has 3 aliphatic rings. The molecule has 2 aliphatic heterocycles. The zero-order valence-electron chi connectivity index (χ0n) is 39.6. The number of urea groups is 1. The highest BCUT2D eigenvalue weighted by Crippen LogP contribution is 2.35. The molecule has 21 heteroatoms. The van der Waals surface area contributed by atoms with Crippen LogP contribution in [0.2, 0.25) is 0 Å². The van der Waals surface area contributed by atoms with Gasteiger partial charge in [0.1, 0.15) is 11.7 Å². The van der Waals surface area contributed by atoms with E-state index in [1.807, 2.05) is 22.9 Å². The number of unbranched alkanes of at least 4 members (excludes halogenated alkanes) is 1. The molecule has 1 unspecified atom stereocenters. The summed E-state index contributed by atoms with van der Waals surface area (Å²) in [5, 5.41) is 24.5. The van der Waals surface area contributed by atoms with Crippen LogP contribution in [-0.2, 0) is 42.6 Å². The molecule has 5 heterocycles. The Hall–Kier alpha value is -5.74. The van der Waals surface area contributed by atoms with Crippen molar-refractivity contribution in [3.05, 3.63) is 64.7 Å². The zero-order valence-corrected chi connectivity index (χ0v) is 40.4. The molecule has 2 aromatic carbocycles. The first-order valence-corrected chi connectivity index (χ1v) is 25.9. The fourth-order valence-electron chi connectivity index (χ4n) is 9.34. The summed E-state index contributed by atoms with van der Waals surface area (Å²) in [4.78, 5) is 61.3. The summed E-state index contributed by atoms with van der Waals surface area (Å²) in [5.41, 5.74) is 4.31. The Morgan fingerprint density at radius 1 is 0.870 bits per heavy atom. The van der Waals surface area contributed by atoms with Crippen molar-refractivity contribution in [2.75, 3.05) is 71.0 Å². The van der Waals surface area contributed by atoms with E-state index in [-0.39, 0.29) is 67.3 Å². The van der Waals surface area contributed by atoms with Crippen molar-refractivity contribution in [1.29, 1.82) is 0 Å². The number of fused-ring (bicyclic) bond motifs is 2. The molecule has 4 N–H and O–H groups in total. The number of amides is 4. The lowest BCUT2D eigenvalue weighted by Gasteiger charge is -2.34. The number of aliphatic hydroxyl groups excluding tert-OH is 1. The molecular formula is C48H65N11O9S. The topological polar surface area (TPSA) is 237 Å². The second-order valence-electron chi connectivity index (χ2n) is 18.2. The number of nitrogens with zero attached hydrogens (tertiary/aromatic N) is 8. The maximum absolute atomic E-state index is 13.7. The van der Waals surface area contributed by atoms with Crippen LogP contribution in [0.15, 0.2) is 58.4 Å². The number of hydrogen-bond acceptors (Lipinski definition) is 13. The lowest BCUT2D eigenvalue weighted by atomic mass is 9.93. The van der Waals surface area contributed by atoms with Crippen LogP contribution in [0.1, 0.15) is 95.2 Å². The van der Waals surface area contributed by atoms with Crippen molar-refractivity contribution in [3.8, 4) is 11.3 Å². The van der Waals surface area contributed by atoms with Crippen LogP contribution in [0.4, 0.5) is 10.7 Å². The molecule has 5 aromatic rings. The highest BCUT2D eigenvalue weighted by Gasteiger charge is 2.33. The number of aliphatic hydroxyl groups is 1. The minimum Gasteiger partial charge on any atom is -0.393 e. The third kappa shape index (κ3) is 11.7. The average molecular weight is 972 g/mol. The van der Waals surface area contributed by atoms with E-state index in [4.69, 9.17) is 19.6 Å². The molecule has 20 nitrogen and oxygen atoms in total. The maximum atomic E-state index is 13.7. The van der Waals surface area contributed by atoms with Gasteiger partial charge in [0, 0.05) is 90.9 Å². The zero-order chi connectivity index (χ0) is 48.5. The van der Waals surface area contributed by atoms with Gasteiger partial charge in [-0.05, 0) is 94.0 Å². The van der Waals surface area contributed by atoms with Gasteiger partial charge < -0.3 is 30.1 Å². The van der Waals surface area contributed by atoms with E-state index in [1.165, 1.54) is 13.4 Å². The predicted octanol–water partition coefficient (Wildman–Crippen LogP) is 4.27. The summed E-state index contributed by atoms with van der Waals surface area (Å²) < 4.78 is 45.4. The molecule has 3 fully saturated rings. The number of rotatable bonds is 21. The molecule has 69 heavy (non-hydrogen) atoms. The third-order valence-electron chi connectivity index (χ3n) is 13.3. The van der Waals surface area contributed by atoms with Gasteiger partial charge in [-0.15, -0.1) is 0 Å². The minimum absolute atomic E-state index is 0.0827. The number of anilines is 1. The quantitative estimate of drug-likeness (QED) is 0.0595. The summed E-state index contributed by atoms with van der Waals surface area (Å²) in [6.07, 6.45) is 9.89. The Kier molecular flexibility index (Phi) is 16.4. The van der Waals surface area contributed by atoms with E-state index in [2.05, 4.69) is 27.9 Å². The second kappa shape index (κ2) is 22.8. The van der Waals surface area contributed by atoms with Crippen molar-refractivity contribution in [1.82, 2.24) is 48.7 Å². The van der Waals surface area contributed by atoms with Gasteiger partial charge in [0.2, 0.25) is 27.8 Å². The van der Waals surface area contributed by atoms with Gasteiger partial charge in [0.15, 0.2) is 5.65 Å². The molecule has 1 atom stereocenters. The molecule has 372 valence electrons. The SMILES string of the molecule is CCCCNc1ncc2c(-c3ccc(S(=O)(=O)N4CCN(C(=O)NCCCOCCCOCCCc5ccc6c(c5)n(C)c(=O)n6C5CCC(=O)NC5=O)CC4)cc3)nn([C@H]3CC[C@H](O)CC3)c2n1. The van der Waals surface area contributed by atoms with E-state index in [0.29, 0.717) is 81.5 Å². The Morgan fingerprint density at radius 3 is 2.32 bits per heavy atom. The number of sulfonamides is 1. The van der Waals surface area contributed by atoms with Crippen LogP contribution in [0.25, 0.3) is 33.3 Å². The van der Waals surface area contributed by atoms with Gasteiger partial charge in [-0.25, -0.2) is 27.7 Å². The van der Waals surface area contributed by atoms with Crippen molar-refractivity contribution >= 4 is 55.9 Å². The lowest BCUT2D eigenvalue weighted by Crippen LogP contribution is -2.53. The molecule has 1 aliphatic carbocycles. The number of piperazine rings is 1. The standard InChI is InChI=1S/C48H65N11O9S/c1-3-4-21-49-46-51-32-38-43(54-59(44(38)53-46)35-12-14-36(60)15-13-35)34-10-16-37(17-11-34)69(65,66)57-25-23-56(24-26-57)47(63)50-22-6-28-68-30-7-29-67-27-5-8-33-9-18-39-41(31-33)55(2)48(64)58(39)40-19-20-42(61)52-45(40)62/h9-11,16-18,31-32,35-36,40,60H,3-8,12-15,19-30H2,1-2H3,(H,50,63)(H,49,51,53)(H,52,61,62)/t35-,36-,40?. The van der Waals surface area contributed by atoms with E-state index < -0.39 is 22.0 Å². The Bertz CT molecular complexity index is 2760. The third-order valence-corrected chi connectivity index (χ3v) is 15.2. The van der Waals surface area contributed by atoms with Gasteiger partial charge in [0.05, 0.1) is 33.5 Å². The number of benzene rings is 2. The van der Waals surface area contributed by atoms with Crippen molar-refractivity contribution in [3.63, 3.8) is 0 Å². The Labute approximate surface area is 401 Å². The summed E-state index contributed by atoms with van der Waals surface area (Å²) in [6, 6.07) is 11.7. The largest absolute Gasteiger partial charge is 0.393 e. The molecule has 0 radical (unpaired) electrons. The van der Waals surface area contributed by atoms with E-state index in [1.54, 1.807) is 42.4 Å². The Balaban J connectivity index is 0.714. The molecule has 1 saturated carbocycles. The number of nitrogens with one attached hydrogen (secondary N) is 3. The molecule has 4 amide bonds. The number of aromatic nitrogens is 6. The number of imide groups is 1. The van der Waals surface area contributed by atoms with Crippen LogP contribution >= 0.6 is 0 Å². The Morgan fingerprint density at radius 2 is 1.59 bits per heavy atom. The van der Waals surface area contributed by atoms with Crippen LogP contribution in [0.5, 0.6) is 0 Å². The van der Waals surface area contributed by atoms with Crippen LogP contribution in [0, 0.1) is 0 Å². The smallest absolute Gasteiger partial charge is 0.329 e. The number of ether oxygens (including phenoxy) is 2. The van der Waals surface area contributed by atoms with Crippen molar-refractivity contribution in [2.45, 2.75) is 107 Å². The van der Waals surface area contributed by atoms with Gasteiger partial charge in [-0.3, -0.25) is 24.0 Å². The van der Waals surface area contributed by atoms with Crippen LogP contribution in [-0.4, -0.2) is 141 Å². The summed E-state index contributed by atoms with van der Waals surface area (Å²) in [5.74, 6) is -0.232. The van der Waals surface area contributed by atoms with Gasteiger partial charge in [0.25, 0.3) is 0 Å². The first-order valence-electron chi connectivity index (χ1n) is 24.4. The number of carbonyl (C=O) groups excluding carboxylic acids is 3. The van der Waals surface area contributed by atoms with Gasteiger partial charge in [-0.1, -0.05) is 31.5 Å². The second-order valence-corrected chi connectivity index (χ2v) is 20.1. The van der Waals surface area contributed by atoms with Crippen LogP contribution in [0.3, 0.4) is 0 Å². The molecule has 8 rings (SSSR count). The number of aryl methyl sites for hydroxylation is 2. The van der Waals surface area contributed by atoms with E-state index >= 15 is 0 Å². The summed E-state index contributed by atoms with van der Waals surface area (Å²) >= 11 is 0. The summed E-state index contributed by atoms with van der Waals surface area (Å²) in [7, 11) is -2.12. The van der Waals surface area contributed by atoms with Gasteiger partial charge >= 0.3 is 11.7 Å². The number of imidazole rings is 1. The lowest BCUT2D eigenvalue weighted by molar-refractivity contribution is -0.135. The molecule has 0 spiro atoms. The van der Waals surface area contributed by atoms with Crippen LogP contribution < -0.4 is 21.6 Å². The molecular weight excluding hydrogens is 907 g/mol. The molecule has 0 bridgehead atoms. The first kappa shape index (κ1) is 49.7. The normalized spacial score (nSPS) is 19.3. The molecule has 3 aromatic heterocycles. The number of carbonyl (C=O) groups is 3. The van der Waals surface area contributed by atoms with Crippen molar-refractivity contribution in [2.24, 2.45) is 7.05 Å². The van der Waals surface area contributed by atoms with Crippen molar-refractivity contribution < 1.29 is 37.4 Å². The highest BCUT2D eigenvalue weighted by molar-refractivity contribution is 7.89. The van der Waals surface area contributed by atoms with E-state index in [0.717, 1.165) is 73.5 Å². The number of hydrogen-bond donors (Lipinski definition) is 4. The minimum atomic E-state index is -3.81. The fourth-order valence-corrected chi connectivity index (χ4v) is 10.8. The first-order chi connectivity index (χ1) is 33.4. The highest BCUT2D eigenvalue weighted by atomic mass is 32.2. The summed E-state index contributed by atoms with van der Waals surface area (Å²) in [6.45, 7) is 6.37. The average Bonchev–Trinajstić information content (AvgIpc) is 3.85. The maximum Gasteiger partial charge on any atom is 0.329 e. The monoisotopic (exact) mass is 971 g/mol. The molecule has 2 saturated heterocycles. The fraction of sp³-hybridized carbons (Fsp3) is 0.562. The van der Waals surface area contributed by atoms with Gasteiger partial charge in [-0.2, -0.15) is 14.4 Å². The predicted molar refractivity (Wildman–Crippen MR) is 259 cm³/mol. The van der Waals surface area contributed by atoms with E-state index in [9.17, 15) is 32.7 Å².